The zero-order valence-electron chi connectivity index (χ0n) is 23.3. The first-order valence-corrected chi connectivity index (χ1v) is 15.0. The first-order valence-electron chi connectivity index (χ1n) is 13.8. The number of nitrogens with zero attached hydrogens (tertiary/aromatic N) is 2. The summed E-state index contributed by atoms with van der Waals surface area (Å²) in [6.07, 6.45) is 4.58. The van der Waals surface area contributed by atoms with Crippen molar-refractivity contribution in [1.29, 1.82) is 0 Å². The summed E-state index contributed by atoms with van der Waals surface area (Å²) >= 11 is 7.36. The number of aromatic nitrogens is 1. The summed E-state index contributed by atoms with van der Waals surface area (Å²) in [5, 5.41) is 0.188. The zero-order valence-corrected chi connectivity index (χ0v) is 24.9. The number of allylic oxidation sites excluding steroid dienone is 1. The Morgan fingerprint density at radius 2 is 1.83 bits per heavy atom. The first kappa shape index (κ1) is 29.5. The Kier molecular flexibility index (Phi) is 9.35. The van der Waals surface area contributed by atoms with E-state index in [1.54, 1.807) is 13.0 Å². The molecule has 0 bridgehead atoms. The second kappa shape index (κ2) is 13.3. The molecule has 42 heavy (non-hydrogen) atoms. The number of hydrogen-bond acceptors (Lipinski definition) is 6. The molecule has 4 aromatic rings. The number of unbranched alkanes of at least 4 members (excludes halogenated alkanes) is 2. The number of fused-ring (bicyclic) bond motifs is 1. The van der Waals surface area contributed by atoms with Crippen LogP contribution in [0.1, 0.15) is 55.8 Å². The third-order valence-electron chi connectivity index (χ3n) is 6.94. The lowest BCUT2D eigenvalue weighted by atomic mass is 9.96. The van der Waals surface area contributed by atoms with Crippen LogP contribution in [0.5, 0.6) is 5.75 Å². The van der Waals surface area contributed by atoms with Gasteiger partial charge >= 0.3 is 5.97 Å². The van der Waals surface area contributed by atoms with Crippen molar-refractivity contribution in [2.45, 2.75) is 45.8 Å². The maximum atomic E-state index is 14.6. The molecular formula is C33H30ClFN2O4S. The van der Waals surface area contributed by atoms with Gasteiger partial charge in [-0.1, -0.05) is 91.2 Å². The molecule has 0 fully saturated rings. The third kappa shape index (κ3) is 6.40. The molecule has 0 amide bonds. The molecule has 216 valence electrons. The Morgan fingerprint density at radius 1 is 1.07 bits per heavy atom. The second-order valence-corrected chi connectivity index (χ2v) is 11.3. The fraction of sp³-hybridized carbons (Fsp3) is 0.242. The molecule has 1 unspecified atom stereocenters. The highest BCUT2D eigenvalue weighted by Crippen LogP contribution is 2.32. The Morgan fingerprint density at radius 3 is 2.55 bits per heavy atom. The molecule has 0 radical (unpaired) electrons. The Labute approximate surface area is 252 Å². The molecule has 1 aliphatic rings. The number of carbonyl (C=O) groups is 1. The number of esters is 1. The van der Waals surface area contributed by atoms with Gasteiger partial charge in [-0.25, -0.2) is 14.2 Å². The van der Waals surface area contributed by atoms with Gasteiger partial charge in [0.2, 0.25) is 0 Å². The van der Waals surface area contributed by atoms with Gasteiger partial charge in [-0.3, -0.25) is 9.36 Å². The summed E-state index contributed by atoms with van der Waals surface area (Å²) < 4.78 is 27.9. The summed E-state index contributed by atoms with van der Waals surface area (Å²) in [6.45, 7) is 4.54. The highest BCUT2D eigenvalue weighted by molar-refractivity contribution is 7.07. The van der Waals surface area contributed by atoms with Crippen molar-refractivity contribution in [1.82, 2.24) is 4.57 Å². The van der Waals surface area contributed by atoms with E-state index in [0.717, 1.165) is 36.2 Å². The van der Waals surface area contributed by atoms with Crippen molar-refractivity contribution < 1.29 is 18.7 Å². The van der Waals surface area contributed by atoms with Crippen LogP contribution in [-0.4, -0.2) is 17.1 Å². The van der Waals surface area contributed by atoms with Crippen LogP contribution in [0.4, 0.5) is 4.39 Å². The quantitative estimate of drug-likeness (QED) is 0.156. The van der Waals surface area contributed by atoms with E-state index >= 15 is 0 Å². The lowest BCUT2D eigenvalue weighted by Gasteiger charge is -2.25. The maximum absolute atomic E-state index is 14.6. The van der Waals surface area contributed by atoms with Gasteiger partial charge in [-0.2, -0.15) is 0 Å². The number of benzene rings is 3. The van der Waals surface area contributed by atoms with E-state index in [1.165, 1.54) is 22.8 Å². The van der Waals surface area contributed by atoms with Crippen molar-refractivity contribution >= 4 is 35.0 Å². The van der Waals surface area contributed by atoms with Crippen molar-refractivity contribution in [3.63, 3.8) is 0 Å². The molecule has 3 aromatic carbocycles. The average Bonchev–Trinajstić information content (AvgIpc) is 3.30. The third-order valence-corrected chi connectivity index (χ3v) is 8.25. The largest absolute Gasteiger partial charge is 0.494 e. The molecular weight excluding hydrogens is 575 g/mol. The minimum Gasteiger partial charge on any atom is -0.494 e. The van der Waals surface area contributed by atoms with Crippen molar-refractivity contribution in [2.24, 2.45) is 4.99 Å². The van der Waals surface area contributed by atoms with Crippen LogP contribution >= 0.6 is 22.9 Å². The molecule has 5 rings (SSSR count). The smallest absolute Gasteiger partial charge is 0.338 e. The van der Waals surface area contributed by atoms with Crippen LogP contribution in [0.15, 0.2) is 93.9 Å². The van der Waals surface area contributed by atoms with E-state index in [-0.39, 0.29) is 27.3 Å². The van der Waals surface area contributed by atoms with Crippen molar-refractivity contribution in [2.75, 3.05) is 6.61 Å². The highest BCUT2D eigenvalue weighted by atomic mass is 35.5. The van der Waals surface area contributed by atoms with Crippen molar-refractivity contribution in [3.05, 3.63) is 131 Å². The molecule has 0 N–H and O–H groups in total. The summed E-state index contributed by atoms with van der Waals surface area (Å²) in [5.41, 5.74) is 1.92. The summed E-state index contributed by atoms with van der Waals surface area (Å²) in [7, 11) is 0. The van der Waals surface area contributed by atoms with E-state index < -0.39 is 23.4 Å². The number of halogens is 2. The van der Waals surface area contributed by atoms with Crippen LogP contribution in [0.3, 0.4) is 0 Å². The van der Waals surface area contributed by atoms with Crippen LogP contribution in [0.25, 0.3) is 6.08 Å². The zero-order chi connectivity index (χ0) is 29.6. The Hall–Kier alpha value is -4.01. The molecule has 0 spiro atoms. The van der Waals surface area contributed by atoms with Gasteiger partial charge in [-0.05, 0) is 54.8 Å². The molecule has 0 saturated carbocycles. The SMILES string of the molecule is CCCCCOc1ccc(C2C(C(=O)OCc3ccccc3)=C(C)N=c3sc(=Cc4c(F)cccc4Cl)c(=O)n32)cc1. The van der Waals surface area contributed by atoms with E-state index in [4.69, 9.17) is 21.1 Å². The lowest BCUT2D eigenvalue weighted by Crippen LogP contribution is -2.39. The number of ether oxygens (including phenoxy) is 2. The van der Waals surface area contributed by atoms with Gasteiger partial charge in [0.05, 0.1) is 33.5 Å². The van der Waals surface area contributed by atoms with E-state index in [1.807, 2.05) is 54.6 Å². The number of carbonyl (C=O) groups excluding carboxylic acids is 1. The predicted molar refractivity (Wildman–Crippen MR) is 163 cm³/mol. The molecule has 1 aromatic heterocycles. The number of hydrogen-bond donors (Lipinski definition) is 0. The molecule has 0 aliphatic carbocycles. The van der Waals surface area contributed by atoms with E-state index in [9.17, 15) is 14.0 Å². The topological polar surface area (TPSA) is 69.9 Å². The number of thiazole rings is 1. The molecule has 0 saturated heterocycles. The van der Waals surface area contributed by atoms with Crippen molar-refractivity contribution in [3.8, 4) is 5.75 Å². The van der Waals surface area contributed by atoms with Gasteiger partial charge in [0.25, 0.3) is 5.56 Å². The van der Waals surface area contributed by atoms with Gasteiger partial charge in [0, 0.05) is 5.56 Å². The fourth-order valence-corrected chi connectivity index (χ4v) is 6.01. The van der Waals surface area contributed by atoms with Gasteiger partial charge in [-0.15, -0.1) is 0 Å². The normalized spacial score (nSPS) is 14.9. The number of rotatable bonds is 10. The Bertz CT molecular complexity index is 1780. The van der Waals surface area contributed by atoms with Crippen LogP contribution < -0.4 is 19.6 Å². The first-order chi connectivity index (χ1) is 20.4. The lowest BCUT2D eigenvalue weighted by molar-refractivity contribution is -0.140. The van der Waals surface area contributed by atoms with Crippen LogP contribution in [0, 0.1) is 5.82 Å². The Balaban J connectivity index is 1.57. The molecule has 2 heterocycles. The molecule has 1 aliphatic heterocycles. The maximum Gasteiger partial charge on any atom is 0.338 e. The monoisotopic (exact) mass is 604 g/mol. The second-order valence-electron chi connectivity index (χ2n) is 9.90. The van der Waals surface area contributed by atoms with Gasteiger partial charge in [0.1, 0.15) is 18.2 Å². The van der Waals surface area contributed by atoms with Crippen LogP contribution in [0.2, 0.25) is 5.02 Å². The van der Waals surface area contributed by atoms with Gasteiger partial charge in [0.15, 0.2) is 4.80 Å². The van der Waals surface area contributed by atoms with Crippen LogP contribution in [-0.2, 0) is 16.1 Å². The molecule has 1 atom stereocenters. The highest BCUT2D eigenvalue weighted by Gasteiger charge is 2.33. The predicted octanol–water partition coefficient (Wildman–Crippen LogP) is 6.34. The molecule has 6 nitrogen and oxygen atoms in total. The summed E-state index contributed by atoms with van der Waals surface area (Å²) in [5.74, 6) is -0.414. The van der Waals surface area contributed by atoms with E-state index in [0.29, 0.717) is 28.4 Å². The molecule has 9 heteroatoms. The van der Waals surface area contributed by atoms with Gasteiger partial charge < -0.3 is 9.47 Å². The average molecular weight is 605 g/mol. The minimum atomic E-state index is -0.808. The summed E-state index contributed by atoms with van der Waals surface area (Å²) in [4.78, 5) is 32.5. The van der Waals surface area contributed by atoms with E-state index in [2.05, 4.69) is 11.9 Å². The fourth-order valence-electron chi connectivity index (χ4n) is 4.77. The summed E-state index contributed by atoms with van der Waals surface area (Å²) in [6, 6.07) is 20.3. The standard InChI is InChI=1S/C33H30ClFN2O4S/c1-3-4-8-18-40-24-16-14-23(15-17-24)30-29(32(39)41-20-22-10-6-5-7-11-22)21(2)36-33-37(30)31(38)28(42-33)19-25-26(34)12-9-13-27(25)35/h5-7,9-17,19,30H,3-4,8,18,20H2,1-2H3. The minimum absolute atomic E-state index is 0.0733.